The van der Waals surface area contributed by atoms with Crippen LogP contribution < -0.4 is 5.32 Å². The zero-order valence-electron chi connectivity index (χ0n) is 11.7. The standard InChI is InChI=1S/C16H18N2O2S/c19-16(9-14-2-1-7-21-14)18-15-11-20-10-13(15)8-12-3-5-17-6-4-12/h1-7,13,15H,8-11H2,(H,18,19)/t13-,15+/m1/s1. The Morgan fingerprint density at radius 1 is 1.33 bits per heavy atom. The Bertz CT molecular complexity index is 571. The minimum atomic E-state index is 0.0766. The minimum absolute atomic E-state index is 0.0766. The summed E-state index contributed by atoms with van der Waals surface area (Å²) in [6, 6.07) is 8.10. The molecule has 1 amide bonds. The van der Waals surface area contributed by atoms with E-state index in [-0.39, 0.29) is 11.9 Å². The third-order valence-corrected chi connectivity index (χ3v) is 4.58. The average Bonchev–Trinajstić information content (AvgIpc) is 3.13. The molecule has 2 aromatic rings. The van der Waals surface area contributed by atoms with E-state index < -0.39 is 0 Å². The zero-order chi connectivity index (χ0) is 14.5. The lowest BCUT2D eigenvalue weighted by Gasteiger charge is -2.19. The van der Waals surface area contributed by atoms with Gasteiger partial charge in [0.15, 0.2) is 0 Å². The summed E-state index contributed by atoms with van der Waals surface area (Å²) in [6.07, 6.45) is 4.97. The highest BCUT2D eigenvalue weighted by atomic mass is 32.1. The molecule has 0 saturated carbocycles. The van der Waals surface area contributed by atoms with Gasteiger partial charge in [-0.2, -0.15) is 0 Å². The Balaban J connectivity index is 1.55. The van der Waals surface area contributed by atoms with E-state index in [2.05, 4.69) is 10.3 Å². The Kier molecular flexibility index (Phi) is 4.62. The minimum Gasteiger partial charge on any atom is -0.379 e. The lowest BCUT2D eigenvalue weighted by molar-refractivity contribution is -0.121. The van der Waals surface area contributed by atoms with Crippen molar-refractivity contribution in [2.45, 2.75) is 18.9 Å². The van der Waals surface area contributed by atoms with E-state index in [9.17, 15) is 4.79 Å². The quantitative estimate of drug-likeness (QED) is 0.920. The second-order valence-corrected chi connectivity index (χ2v) is 6.32. The summed E-state index contributed by atoms with van der Waals surface area (Å²) >= 11 is 1.61. The molecule has 1 aliphatic rings. The maximum Gasteiger partial charge on any atom is 0.225 e. The summed E-state index contributed by atoms with van der Waals surface area (Å²) in [5.41, 5.74) is 1.23. The Morgan fingerprint density at radius 2 is 2.19 bits per heavy atom. The van der Waals surface area contributed by atoms with E-state index in [1.165, 1.54) is 5.56 Å². The number of carbonyl (C=O) groups excluding carboxylic acids is 1. The van der Waals surface area contributed by atoms with Gasteiger partial charge in [-0.05, 0) is 35.6 Å². The molecule has 0 radical (unpaired) electrons. The summed E-state index contributed by atoms with van der Waals surface area (Å²) < 4.78 is 5.55. The Morgan fingerprint density at radius 3 is 2.95 bits per heavy atom. The van der Waals surface area contributed by atoms with Gasteiger partial charge in [-0.3, -0.25) is 9.78 Å². The topological polar surface area (TPSA) is 51.2 Å². The van der Waals surface area contributed by atoms with Gasteiger partial charge < -0.3 is 10.1 Å². The van der Waals surface area contributed by atoms with E-state index in [0.29, 0.717) is 25.6 Å². The maximum atomic E-state index is 12.1. The van der Waals surface area contributed by atoms with Gasteiger partial charge in [-0.25, -0.2) is 0 Å². The van der Waals surface area contributed by atoms with Crippen molar-refractivity contribution in [1.29, 1.82) is 0 Å². The second kappa shape index (κ2) is 6.83. The molecule has 21 heavy (non-hydrogen) atoms. The van der Waals surface area contributed by atoms with Gasteiger partial charge in [0.25, 0.3) is 0 Å². The highest BCUT2D eigenvalue weighted by Crippen LogP contribution is 2.19. The first kappa shape index (κ1) is 14.2. The highest BCUT2D eigenvalue weighted by molar-refractivity contribution is 7.10. The second-order valence-electron chi connectivity index (χ2n) is 5.29. The van der Waals surface area contributed by atoms with Gasteiger partial charge in [-0.15, -0.1) is 11.3 Å². The summed E-state index contributed by atoms with van der Waals surface area (Å²) in [7, 11) is 0. The molecular formula is C16H18N2O2S. The molecule has 1 aliphatic heterocycles. The lowest BCUT2D eigenvalue weighted by Crippen LogP contribution is -2.41. The number of hydrogen-bond donors (Lipinski definition) is 1. The maximum absolute atomic E-state index is 12.1. The number of amides is 1. The van der Waals surface area contributed by atoms with Gasteiger partial charge in [0, 0.05) is 23.2 Å². The van der Waals surface area contributed by atoms with Crippen LogP contribution >= 0.6 is 11.3 Å². The first-order chi connectivity index (χ1) is 10.3. The number of hydrogen-bond acceptors (Lipinski definition) is 4. The van der Waals surface area contributed by atoms with E-state index >= 15 is 0 Å². The average molecular weight is 302 g/mol. The molecule has 1 fully saturated rings. The van der Waals surface area contributed by atoms with Crippen LogP contribution in [-0.2, 0) is 22.4 Å². The van der Waals surface area contributed by atoms with Gasteiger partial charge in [0.1, 0.15) is 0 Å². The molecule has 0 spiro atoms. The third kappa shape index (κ3) is 3.89. The van der Waals surface area contributed by atoms with Crippen molar-refractivity contribution < 1.29 is 9.53 Å². The van der Waals surface area contributed by atoms with Crippen LogP contribution in [0.25, 0.3) is 0 Å². The Labute approximate surface area is 128 Å². The third-order valence-electron chi connectivity index (χ3n) is 3.71. The number of carbonyl (C=O) groups is 1. The van der Waals surface area contributed by atoms with Gasteiger partial charge >= 0.3 is 0 Å². The van der Waals surface area contributed by atoms with Crippen LogP contribution in [-0.4, -0.2) is 30.1 Å². The molecule has 4 nitrogen and oxygen atoms in total. The van der Waals surface area contributed by atoms with E-state index in [1.807, 2.05) is 29.6 Å². The molecule has 5 heteroatoms. The molecule has 0 aromatic carbocycles. The molecular weight excluding hydrogens is 284 g/mol. The van der Waals surface area contributed by atoms with Crippen LogP contribution in [0.4, 0.5) is 0 Å². The number of nitrogens with one attached hydrogen (secondary N) is 1. The van der Waals surface area contributed by atoms with Crippen molar-refractivity contribution >= 4 is 17.2 Å². The van der Waals surface area contributed by atoms with Crippen LogP contribution in [0.15, 0.2) is 42.0 Å². The van der Waals surface area contributed by atoms with Gasteiger partial charge in [0.2, 0.25) is 5.91 Å². The zero-order valence-corrected chi connectivity index (χ0v) is 12.5. The fourth-order valence-electron chi connectivity index (χ4n) is 2.61. The van der Waals surface area contributed by atoms with Crippen molar-refractivity contribution in [3.63, 3.8) is 0 Å². The van der Waals surface area contributed by atoms with E-state index in [1.54, 1.807) is 23.7 Å². The first-order valence-electron chi connectivity index (χ1n) is 7.09. The van der Waals surface area contributed by atoms with Crippen molar-refractivity contribution in [3.8, 4) is 0 Å². The molecule has 1 saturated heterocycles. The van der Waals surface area contributed by atoms with Crippen molar-refractivity contribution in [3.05, 3.63) is 52.5 Å². The molecule has 1 N–H and O–H groups in total. The molecule has 110 valence electrons. The van der Waals surface area contributed by atoms with E-state index in [0.717, 1.165) is 11.3 Å². The SMILES string of the molecule is O=C(Cc1cccs1)N[C@H]1COC[C@H]1Cc1ccncc1. The van der Waals surface area contributed by atoms with Crippen molar-refractivity contribution in [2.24, 2.45) is 5.92 Å². The predicted octanol–water partition coefficient (Wildman–Crippen LogP) is 2.06. The number of aromatic nitrogens is 1. The highest BCUT2D eigenvalue weighted by Gasteiger charge is 2.29. The van der Waals surface area contributed by atoms with Gasteiger partial charge in [0.05, 0.1) is 25.7 Å². The fraction of sp³-hybridized carbons (Fsp3) is 0.375. The number of rotatable bonds is 5. The van der Waals surface area contributed by atoms with Crippen LogP contribution in [0.5, 0.6) is 0 Å². The molecule has 3 heterocycles. The molecule has 2 aromatic heterocycles. The fourth-order valence-corrected chi connectivity index (χ4v) is 3.31. The molecule has 0 bridgehead atoms. The number of thiophene rings is 1. The predicted molar refractivity (Wildman–Crippen MR) is 82.2 cm³/mol. The van der Waals surface area contributed by atoms with Crippen molar-refractivity contribution in [1.82, 2.24) is 10.3 Å². The first-order valence-corrected chi connectivity index (χ1v) is 7.97. The molecule has 2 atom stereocenters. The van der Waals surface area contributed by atoms with Crippen LogP contribution in [0.1, 0.15) is 10.4 Å². The van der Waals surface area contributed by atoms with E-state index in [4.69, 9.17) is 4.74 Å². The van der Waals surface area contributed by atoms with Crippen molar-refractivity contribution in [2.75, 3.05) is 13.2 Å². The molecule has 3 rings (SSSR count). The van der Waals surface area contributed by atoms with Crippen LogP contribution in [0, 0.1) is 5.92 Å². The smallest absolute Gasteiger partial charge is 0.225 e. The largest absolute Gasteiger partial charge is 0.379 e. The lowest BCUT2D eigenvalue weighted by atomic mass is 9.95. The molecule has 0 unspecified atom stereocenters. The Hall–Kier alpha value is -1.72. The monoisotopic (exact) mass is 302 g/mol. The molecule has 0 aliphatic carbocycles. The number of pyridine rings is 1. The van der Waals surface area contributed by atoms with Gasteiger partial charge in [-0.1, -0.05) is 6.07 Å². The summed E-state index contributed by atoms with van der Waals surface area (Å²) in [6.45, 7) is 1.30. The summed E-state index contributed by atoms with van der Waals surface area (Å²) in [4.78, 5) is 17.2. The van der Waals surface area contributed by atoms with Crippen LogP contribution in [0.3, 0.4) is 0 Å². The summed E-state index contributed by atoms with van der Waals surface area (Å²) in [5, 5.41) is 5.11. The van der Waals surface area contributed by atoms with Crippen LogP contribution in [0.2, 0.25) is 0 Å². The normalized spacial score (nSPS) is 21.3. The number of ether oxygens (including phenoxy) is 1. The number of nitrogens with zero attached hydrogens (tertiary/aromatic N) is 1. The summed E-state index contributed by atoms with van der Waals surface area (Å²) in [5.74, 6) is 0.410.